The van der Waals surface area contributed by atoms with Gasteiger partial charge in [0, 0.05) is 33.4 Å². The van der Waals surface area contributed by atoms with Crippen molar-refractivity contribution in [2.45, 2.75) is 12.5 Å². The second-order valence-electron chi connectivity index (χ2n) is 14.4. The van der Waals surface area contributed by atoms with Gasteiger partial charge in [-0.25, -0.2) is 9.97 Å². The van der Waals surface area contributed by atoms with E-state index in [1.807, 2.05) is 66.7 Å². The first-order valence-corrected chi connectivity index (χ1v) is 19.0. The van der Waals surface area contributed by atoms with Crippen LogP contribution in [0.15, 0.2) is 190 Å². The average Bonchev–Trinajstić information content (AvgIpc) is 3.85. The van der Waals surface area contributed by atoms with Gasteiger partial charge in [-0.1, -0.05) is 140 Å². The Labute approximate surface area is 323 Å². The van der Waals surface area contributed by atoms with Crippen molar-refractivity contribution in [2.24, 2.45) is 10.9 Å². The number of hydrogen-bond donors (Lipinski definition) is 1. The van der Waals surface area contributed by atoms with Crippen molar-refractivity contribution in [1.82, 2.24) is 9.97 Å². The molecular weight excluding hydrogens is 689 g/mol. The summed E-state index contributed by atoms with van der Waals surface area (Å²) in [5, 5.41) is 5.67. The highest BCUT2D eigenvalue weighted by Crippen LogP contribution is 2.46. The van der Waals surface area contributed by atoms with Gasteiger partial charge in [-0.2, -0.15) is 0 Å². The smallest absolute Gasteiger partial charge is 0.180 e. The first-order chi connectivity index (χ1) is 27.7. The molecule has 0 saturated carbocycles. The minimum absolute atomic E-state index is 0.102. The summed E-state index contributed by atoms with van der Waals surface area (Å²) in [6.07, 6.45) is 7.74. The molecular formula is C50H34N4O2. The molecule has 1 aliphatic carbocycles. The number of aromatic nitrogens is 2. The van der Waals surface area contributed by atoms with Crippen LogP contribution >= 0.6 is 0 Å². The topological polar surface area (TPSA) is 76.5 Å². The molecule has 6 aromatic carbocycles. The molecule has 56 heavy (non-hydrogen) atoms. The van der Waals surface area contributed by atoms with Crippen molar-refractivity contribution in [3.05, 3.63) is 193 Å². The van der Waals surface area contributed by atoms with E-state index in [1.165, 1.54) is 5.57 Å². The molecule has 0 radical (unpaired) electrons. The van der Waals surface area contributed by atoms with Crippen molar-refractivity contribution in [3.8, 4) is 33.8 Å². The molecule has 266 valence electrons. The van der Waals surface area contributed by atoms with E-state index in [9.17, 15) is 0 Å². The van der Waals surface area contributed by atoms with Crippen LogP contribution in [0.25, 0.3) is 72.4 Å². The Bertz CT molecular complexity index is 3050. The van der Waals surface area contributed by atoms with Crippen LogP contribution in [0, 0.1) is 5.92 Å². The van der Waals surface area contributed by atoms with Gasteiger partial charge in [-0.15, -0.1) is 0 Å². The summed E-state index contributed by atoms with van der Waals surface area (Å²) >= 11 is 0. The lowest BCUT2D eigenvalue weighted by atomic mass is 9.85. The van der Waals surface area contributed by atoms with Crippen molar-refractivity contribution < 1.29 is 8.83 Å². The van der Waals surface area contributed by atoms with Crippen LogP contribution in [0.4, 0.5) is 5.69 Å². The molecule has 0 amide bonds. The Morgan fingerprint density at radius 3 is 1.96 bits per heavy atom. The third kappa shape index (κ3) is 5.54. The van der Waals surface area contributed by atoms with E-state index in [0.29, 0.717) is 11.4 Å². The van der Waals surface area contributed by atoms with Gasteiger partial charge >= 0.3 is 0 Å². The molecule has 1 N–H and O–H groups in total. The summed E-state index contributed by atoms with van der Waals surface area (Å²) in [5.41, 5.74) is 12.4. The molecule has 2 unspecified atom stereocenters. The Hall–Kier alpha value is -7.31. The number of nitrogens with one attached hydrogen (secondary N) is 1. The molecule has 9 aromatic rings. The quantitative estimate of drug-likeness (QED) is 0.185. The van der Waals surface area contributed by atoms with Gasteiger partial charge in [0.15, 0.2) is 17.2 Å². The Kier molecular flexibility index (Phi) is 7.59. The van der Waals surface area contributed by atoms with E-state index in [2.05, 4.69) is 115 Å². The lowest BCUT2D eigenvalue weighted by Crippen LogP contribution is -2.24. The zero-order chi connectivity index (χ0) is 37.0. The van der Waals surface area contributed by atoms with E-state index in [0.717, 1.165) is 90.2 Å². The van der Waals surface area contributed by atoms with E-state index in [4.69, 9.17) is 23.8 Å². The van der Waals surface area contributed by atoms with E-state index < -0.39 is 0 Å². The standard InChI is InChI=1S/C50H34N4O2/c1-3-14-31(15-4-1)49-51-43(47-45(53-49)39-24-7-9-26-41(39)55-47)37-22-12-20-35(29-37)33-18-11-19-34(28-33)36-21-13-23-38(30-36)44-48-46(40-25-8-10-27-42(40)56-48)54-50(52-44)32-16-5-2-6-17-32/h1-22,24-30,38,44H,23H2,(H,52,54). The largest absolute Gasteiger partial charge is 0.456 e. The minimum atomic E-state index is -0.183. The monoisotopic (exact) mass is 722 g/mol. The Morgan fingerprint density at radius 2 is 1.18 bits per heavy atom. The molecule has 11 rings (SSSR count). The summed E-state index contributed by atoms with van der Waals surface area (Å²) in [7, 11) is 0. The molecule has 6 nitrogen and oxygen atoms in total. The third-order valence-corrected chi connectivity index (χ3v) is 10.9. The molecule has 0 saturated heterocycles. The second kappa shape index (κ2) is 13.2. The van der Waals surface area contributed by atoms with Gasteiger partial charge in [0.05, 0.1) is 5.69 Å². The number of amidine groups is 1. The van der Waals surface area contributed by atoms with Gasteiger partial charge in [0.25, 0.3) is 0 Å². The van der Waals surface area contributed by atoms with Crippen LogP contribution in [0.3, 0.4) is 0 Å². The van der Waals surface area contributed by atoms with Crippen LogP contribution in [0.1, 0.15) is 29.3 Å². The number of rotatable bonds is 6. The van der Waals surface area contributed by atoms with E-state index >= 15 is 0 Å². The zero-order valence-electron chi connectivity index (χ0n) is 30.3. The fourth-order valence-electron chi connectivity index (χ4n) is 8.13. The highest BCUT2D eigenvalue weighted by Gasteiger charge is 2.33. The molecule has 0 bridgehead atoms. The number of furan rings is 2. The molecule has 2 aliphatic rings. The van der Waals surface area contributed by atoms with E-state index in [-0.39, 0.29) is 12.0 Å². The maximum atomic E-state index is 6.54. The summed E-state index contributed by atoms with van der Waals surface area (Å²) in [6.45, 7) is 0. The first-order valence-electron chi connectivity index (χ1n) is 19.0. The number of aliphatic imine (C=N–C) groups is 1. The Morgan fingerprint density at radius 1 is 0.554 bits per heavy atom. The van der Waals surface area contributed by atoms with Crippen LogP contribution in [0.2, 0.25) is 0 Å². The second-order valence-corrected chi connectivity index (χ2v) is 14.4. The number of hydrogen-bond acceptors (Lipinski definition) is 6. The van der Waals surface area contributed by atoms with Gasteiger partial charge in [-0.3, -0.25) is 4.99 Å². The number of fused-ring (bicyclic) bond motifs is 6. The maximum absolute atomic E-state index is 6.54. The fourth-order valence-corrected chi connectivity index (χ4v) is 8.13. The highest BCUT2D eigenvalue weighted by molar-refractivity contribution is 6.13. The van der Waals surface area contributed by atoms with Crippen molar-refractivity contribution in [1.29, 1.82) is 0 Å². The molecule has 0 spiro atoms. The number of anilines is 1. The Balaban J connectivity index is 0.973. The predicted octanol–water partition coefficient (Wildman–Crippen LogP) is 12.7. The van der Waals surface area contributed by atoms with Crippen LogP contribution in [-0.2, 0) is 0 Å². The van der Waals surface area contributed by atoms with Gasteiger partial charge in [0.1, 0.15) is 34.3 Å². The van der Waals surface area contributed by atoms with Crippen LogP contribution in [-0.4, -0.2) is 15.8 Å². The van der Waals surface area contributed by atoms with Gasteiger partial charge in [-0.05, 0) is 65.1 Å². The summed E-state index contributed by atoms with van der Waals surface area (Å²) in [4.78, 5) is 15.5. The lowest BCUT2D eigenvalue weighted by Gasteiger charge is -2.28. The fraction of sp³-hybridized carbons (Fsp3) is 0.0600. The molecule has 3 aromatic heterocycles. The van der Waals surface area contributed by atoms with Crippen LogP contribution in [0.5, 0.6) is 0 Å². The average molecular weight is 723 g/mol. The van der Waals surface area contributed by atoms with E-state index in [1.54, 1.807) is 0 Å². The molecule has 4 heterocycles. The molecule has 6 heteroatoms. The van der Waals surface area contributed by atoms with Gasteiger partial charge < -0.3 is 14.2 Å². The predicted molar refractivity (Wildman–Crippen MR) is 226 cm³/mol. The SMILES string of the molecule is C1=CC(c2cccc(-c3cccc(-c4nc(-c5ccccc5)nc5c4oc4ccccc45)c3)c2)=CC(C2N=C(c3ccccc3)Nc3c2oc2ccccc32)C1. The van der Waals surface area contributed by atoms with Crippen LogP contribution < -0.4 is 5.32 Å². The maximum Gasteiger partial charge on any atom is 0.180 e. The third-order valence-electron chi connectivity index (χ3n) is 10.9. The number of para-hydroxylation sites is 2. The summed E-state index contributed by atoms with van der Waals surface area (Å²) < 4.78 is 13.0. The van der Waals surface area contributed by atoms with Crippen molar-refractivity contribution in [2.75, 3.05) is 5.32 Å². The summed E-state index contributed by atoms with van der Waals surface area (Å²) in [6, 6.07) is 53.9. The number of allylic oxidation sites excluding steroid dienone is 3. The summed E-state index contributed by atoms with van der Waals surface area (Å²) in [5.74, 6) is 2.51. The van der Waals surface area contributed by atoms with Crippen molar-refractivity contribution in [3.63, 3.8) is 0 Å². The molecule has 0 fully saturated rings. The lowest BCUT2D eigenvalue weighted by molar-refractivity contribution is 0.427. The normalized spacial score (nSPS) is 16.4. The number of nitrogens with zero attached hydrogens (tertiary/aromatic N) is 3. The minimum Gasteiger partial charge on any atom is -0.456 e. The zero-order valence-corrected chi connectivity index (χ0v) is 30.3. The molecule has 2 atom stereocenters. The molecule has 1 aliphatic heterocycles. The first kappa shape index (κ1) is 32.1. The highest BCUT2D eigenvalue weighted by atomic mass is 16.3. The van der Waals surface area contributed by atoms with Crippen molar-refractivity contribution >= 4 is 50.1 Å². The van der Waals surface area contributed by atoms with Gasteiger partial charge in [0.2, 0.25) is 0 Å². The number of benzene rings is 6.